The Kier molecular flexibility index (Phi) is 8.66. The van der Waals surface area contributed by atoms with Crippen LogP contribution in [0.2, 0.25) is 0 Å². The standard InChI is InChI=1S/C3H3N3O3.ClO.Na/c7-1-4-2(8)6-3(9)5-1;1-2;/h(H3,4,5,6,7,8,9);;/q;-1;+1. The van der Waals surface area contributed by atoms with E-state index in [0.29, 0.717) is 0 Å². The minimum atomic E-state index is -0.802. The van der Waals surface area contributed by atoms with Crippen LogP contribution in [-0.4, -0.2) is 15.0 Å². The van der Waals surface area contributed by atoms with Crippen LogP contribution in [0.3, 0.4) is 0 Å². The van der Waals surface area contributed by atoms with Crippen molar-refractivity contribution in [2.45, 2.75) is 0 Å². The van der Waals surface area contributed by atoms with Crippen molar-refractivity contribution in [2.75, 3.05) is 0 Å². The fraction of sp³-hybridized carbons (Fsp3) is 0. The molecular formula is C3H3ClN3NaO4. The third-order valence-electron chi connectivity index (χ3n) is 0.681. The Bertz CT molecular complexity index is 288. The largest absolute Gasteiger partial charge is 1.00 e. The van der Waals surface area contributed by atoms with Gasteiger partial charge in [-0.1, -0.05) is 0 Å². The Hall–Kier alpha value is -0.340. The van der Waals surface area contributed by atoms with E-state index < -0.39 is 17.1 Å². The van der Waals surface area contributed by atoms with Crippen LogP contribution < -0.4 is 51.3 Å². The van der Waals surface area contributed by atoms with Crippen molar-refractivity contribution in [1.29, 1.82) is 0 Å². The first-order valence-corrected chi connectivity index (χ1v) is 2.58. The molecule has 0 radical (unpaired) electrons. The summed E-state index contributed by atoms with van der Waals surface area (Å²) in [6.07, 6.45) is 0. The molecule has 0 spiro atoms. The minimum absolute atomic E-state index is 0. The van der Waals surface area contributed by atoms with Gasteiger partial charge in [-0.3, -0.25) is 15.0 Å². The van der Waals surface area contributed by atoms with Crippen LogP contribution in [0.1, 0.15) is 0 Å². The van der Waals surface area contributed by atoms with Gasteiger partial charge in [-0.2, -0.15) is 0 Å². The van der Waals surface area contributed by atoms with E-state index in [1.165, 1.54) is 0 Å². The van der Waals surface area contributed by atoms with Gasteiger partial charge in [-0.15, -0.1) is 0 Å². The molecule has 0 atom stereocenters. The molecule has 0 aliphatic rings. The van der Waals surface area contributed by atoms with Gasteiger partial charge in [0, 0.05) is 0 Å². The van der Waals surface area contributed by atoms with E-state index in [4.69, 9.17) is 4.66 Å². The quantitative estimate of drug-likeness (QED) is 0.364. The second-order valence-corrected chi connectivity index (χ2v) is 1.36. The summed E-state index contributed by atoms with van der Waals surface area (Å²) in [5.41, 5.74) is -2.41. The van der Waals surface area contributed by atoms with Gasteiger partial charge in [0.05, 0.1) is 0 Å². The van der Waals surface area contributed by atoms with Gasteiger partial charge in [0.25, 0.3) is 0 Å². The van der Waals surface area contributed by atoms with E-state index in [2.05, 4.69) is 11.9 Å². The molecular weight excluding hydrogens is 200 g/mol. The summed E-state index contributed by atoms with van der Waals surface area (Å²) >= 11 is 3.39. The smallest absolute Gasteiger partial charge is 0.769 e. The van der Waals surface area contributed by atoms with Gasteiger partial charge in [0.1, 0.15) is 0 Å². The Morgan fingerprint density at radius 3 is 1.17 bits per heavy atom. The average molecular weight is 204 g/mol. The van der Waals surface area contributed by atoms with Gasteiger partial charge >= 0.3 is 46.6 Å². The molecule has 0 unspecified atom stereocenters. The molecule has 0 aromatic carbocycles. The predicted molar refractivity (Wildman–Crippen MR) is 34.2 cm³/mol. The van der Waals surface area contributed by atoms with Gasteiger partial charge in [-0.05, 0) is 0 Å². The summed E-state index contributed by atoms with van der Waals surface area (Å²) in [6.45, 7) is 0. The second-order valence-electron chi connectivity index (χ2n) is 1.36. The average Bonchev–Trinajstić information content (AvgIpc) is 1.88. The molecule has 0 bridgehead atoms. The molecule has 0 aliphatic carbocycles. The van der Waals surface area contributed by atoms with Gasteiger partial charge in [-0.25, -0.2) is 26.2 Å². The maximum atomic E-state index is 10.2. The minimum Gasteiger partial charge on any atom is -0.769 e. The SMILES string of the molecule is O=c1[nH]c(=O)[nH]c(=O)[nH]1.[Na+].[O-]Cl. The molecule has 0 amide bonds. The maximum absolute atomic E-state index is 10.2. The monoisotopic (exact) mass is 203 g/mol. The van der Waals surface area contributed by atoms with Crippen molar-refractivity contribution < 1.29 is 34.2 Å². The van der Waals surface area contributed by atoms with Crippen molar-refractivity contribution in [3.05, 3.63) is 31.5 Å². The van der Waals surface area contributed by atoms with Gasteiger partial charge in [0.15, 0.2) is 0 Å². The molecule has 0 saturated heterocycles. The van der Waals surface area contributed by atoms with Crippen molar-refractivity contribution in [3.8, 4) is 0 Å². The zero-order valence-corrected chi connectivity index (χ0v) is 8.77. The first kappa shape index (κ1) is 14.2. The number of rotatable bonds is 0. The molecule has 12 heavy (non-hydrogen) atoms. The van der Waals surface area contributed by atoms with Gasteiger partial charge in [0.2, 0.25) is 0 Å². The van der Waals surface area contributed by atoms with E-state index in [1.54, 1.807) is 15.0 Å². The molecule has 3 N–H and O–H groups in total. The van der Waals surface area contributed by atoms with Crippen molar-refractivity contribution >= 4 is 11.9 Å². The van der Waals surface area contributed by atoms with Crippen LogP contribution in [0.4, 0.5) is 0 Å². The van der Waals surface area contributed by atoms with Crippen LogP contribution in [0.15, 0.2) is 14.4 Å². The third-order valence-corrected chi connectivity index (χ3v) is 0.681. The maximum Gasteiger partial charge on any atom is 1.00 e. The second kappa shape index (κ2) is 7.32. The van der Waals surface area contributed by atoms with E-state index in [-0.39, 0.29) is 29.6 Å². The molecule has 0 saturated carbocycles. The molecule has 9 heteroatoms. The van der Waals surface area contributed by atoms with Crippen molar-refractivity contribution in [3.63, 3.8) is 0 Å². The number of H-pyrrole nitrogens is 3. The Balaban J connectivity index is 0. The molecule has 0 fully saturated rings. The number of hydrogen-bond donors (Lipinski definition) is 3. The van der Waals surface area contributed by atoms with E-state index >= 15 is 0 Å². The van der Waals surface area contributed by atoms with Crippen molar-refractivity contribution in [2.24, 2.45) is 0 Å². The summed E-state index contributed by atoms with van der Waals surface area (Å²) in [7, 11) is 0. The summed E-state index contributed by atoms with van der Waals surface area (Å²) in [5.74, 6) is 0. The molecule has 7 nitrogen and oxygen atoms in total. The van der Waals surface area contributed by atoms with Crippen LogP contribution in [0, 0.1) is 0 Å². The molecule has 62 valence electrons. The first-order chi connectivity index (χ1) is 5.18. The molecule has 0 aliphatic heterocycles. The zero-order valence-electron chi connectivity index (χ0n) is 6.01. The zero-order chi connectivity index (χ0) is 8.85. The van der Waals surface area contributed by atoms with Crippen LogP contribution in [-0.2, 0) is 0 Å². The Labute approximate surface area is 92.3 Å². The predicted octanol–water partition coefficient (Wildman–Crippen LogP) is -5.74. The first-order valence-electron chi connectivity index (χ1n) is 2.27. The van der Waals surface area contributed by atoms with Gasteiger partial charge < -0.3 is 4.66 Å². The van der Waals surface area contributed by atoms with E-state index in [0.717, 1.165) is 0 Å². The summed E-state index contributed by atoms with van der Waals surface area (Å²) in [5, 5.41) is 0. The summed E-state index contributed by atoms with van der Waals surface area (Å²) < 4.78 is 7.72. The Morgan fingerprint density at radius 2 is 1.00 bits per heavy atom. The molecule has 1 aromatic heterocycles. The summed E-state index contributed by atoms with van der Waals surface area (Å²) in [6, 6.07) is 0. The number of nitrogens with one attached hydrogen (secondary N) is 3. The van der Waals surface area contributed by atoms with Crippen molar-refractivity contribution in [1.82, 2.24) is 15.0 Å². The van der Waals surface area contributed by atoms with Crippen LogP contribution in [0.25, 0.3) is 0 Å². The Morgan fingerprint density at radius 1 is 0.833 bits per heavy atom. The number of aromatic nitrogens is 3. The molecule has 1 rings (SSSR count). The topological polar surface area (TPSA) is 122 Å². The fourth-order valence-electron chi connectivity index (χ4n) is 0.403. The molecule has 1 aromatic rings. The number of aromatic amines is 3. The van der Waals surface area contributed by atoms with Crippen LogP contribution >= 0.6 is 11.9 Å². The number of hydrogen-bond acceptors (Lipinski definition) is 4. The normalized spacial score (nSPS) is 7.50. The summed E-state index contributed by atoms with van der Waals surface area (Å²) in [4.78, 5) is 35.9. The van der Waals surface area contributed by atoms with E-state index in [9.17, 15) is 14.4 Å². The molecule has 1 heterocycles. The fourth-order valence-corrected chi connectivity index (χ4v) is 0.403. The van der Waals surface area contributed by atoms with E-state index in [1.807, 2.05) is 0 Å². The van der Waals surface area contributed by atoms with Crippen LogP contribution in [0.5, 0.6) is 0 Å². The number of halogens is 1. The third kappa shape index (κ3) is 5.33.